The fourth-order valence-corrected chi connectivity index (χ4v) is 2.80. The van der Waals surface area contributed by atoms with Gasteiger partial charge in [0.1, 0.15) is 10.4 Å². The maximum Gasteiger partial charge on any atom is 0.324 e. The zero-order chi connectivity index (χ0) is 15.8. The number of alkyl halides is 3. The molecule has 1 fully saturated rings. The van der Waals surface area contributed by atoms with Gasteiger partial charge in [-0.25, -0.2) is 8.78 Å². The molecular formula is C15H18BrF2NO2. The van der Waals surface area contributed by atoms with Crippen LogP contribution in [0, 0.1) is 0 Å². The van der Waals surface area contributed by atoms with Crippen molar-refractivity contribution in [2.45, 2.75) is 55.9 Å². The predicted octanol–water partition coefficient (Wildman–Crippen LogP) is 4.37. The van der Waals surface area contributed by atoms with E-state index in [0.29, 0.717) is 11.3 Å². The summed E-state index contributed by atoms with van der Waals surface area (Å²) in [5.74, 6) is -3.37. The fraction of sp³-hybridized carbons (Fsp3) is 0.600. The molecule has 1 heterocycles. The largest absolute Gasteiger partial charge is 0.459 e. The van der Waals surface area contributed by atoms with E-state index in [1.54, 1.807) is 39.1 Å². The highest BCUT2D eigenvalue weighted by molar-refractivity contribution is 9.09. The number of carbonyl (C=O) groups excluding carboxylic acids is 1. The SMILES string of the molecule is CC(C)(C)OC(=O)C(Br)c1cccnc1C1CC(F)(F)C1. The molecule has 1 aromatic rings. The quantitative estimate of drug-likeness (QED) is 0.592. The molecule has 0 aliphatic heterocycles. The molecule has 1 aromatic heterocycles. The Hall–Kier alpha value is -1.04. The number of rotatable bonds is 3. The van der Waals surface area contributed by atoms with E-state index in [1.165, 1.54) is 0 Å². The molecule has 0 N–H and O–H groups in total. The van der Waals surface area contributed by atoms with E-state index in [-0.39, 0.29) is 18.8 Å². The Morgan fingerprint density at radius 3 is 2.62 bits per heavy atom. The molecule has 0 spiro atoms. The molecule has 1 aliphatic rings. The van der Waals surface area contributed by atoms with E-state index < -0.39 is 22.3 Å². The van der Waals surface area contributed by atoms with Gasteiger partial charge in [0.05, 0.1) is 0 Å². The highest BCUT2D eigenvalue weighted by atomic mass is 79.9. The molecule has 0 saturated heterocycles. The van der Waals surface area contributed by atoms with Gasteiger partial charge in [0.15, 0.2) is 0 Å². The highest BCUT2D eigenvalue weighted by Gasteiger charge is 2.47. The van der Waals surface area contributed by atoms with Crippen molar-refractivity contribution in [2.24, 2.45) is 0 Å². The second-order valence-electron chi connectivity index (χ2n) is 6.34. The van der Waals surface area contributed by atoms with Crippen LogP contribution < -0.4 is 0 Å². The molecule has 21 heavy (non-hydrogen) atoms. The number of ether oxygens (including phenoxy) is 1. The van der Waals surface area contributed by atoms with Crippen LogP contribution in [0.15, 0.2) is 18.3 Å². The van der Waals surface area contributed by atoms with Gasteiger partial charge in [0, 0.05) is 30.7 Å². The number of carbonyl (C=O) groups is 1. The molecule has 0 aromatic carbocycles. The second kappa shape index (κ2) is 5.63. The molecule has 116 valence electrons. The van der Waals surface area contributed by atoms with E-state index >= 15 is 0 Å². The Morgan fingerprint density at radius 1 is 1.48 bits per heavy atom. The Kier molecular flexibility index (Phi) is 4.38. The maximum atomic E-state index is 13.1. The van der Waals surface area contributed by atoms with Crippen LogP contribution in [0.1, 0.15) is 55.6 Å². The lowest BCUT2D eigenvalue weighted by atomic mass is 9.77. The average molecular weight is 362 g/mol. The standard InChI is InChI=1S/C15H18BrF2NO2/c1-14(2,3)21-13(20)11(16)10-5-4-6-19-12(10)9-7-15(17,18)8-9/h4-6,9,11H,7-8H2,1-3H3. The molecule has 1 atom stereocenters. The van der Waals surface area contributed by atoms with Gasteiger partial charge in [-0.2, -0.15) is 0 Å². The first kappa shape index (κ1) is 16.3. The van der Waals surface area contributed by atoms with Crippen molar-refractivity contribution < 1.29 is 18.3 Å². The summed E-state index contributed by atoms with van der Waals surface area (Å²) in [4.78, 5) is 15.6. The minimum absolute atomic E-state index is 0.217. The minimum Gasteiger partial charge on any atom is -0.459 e. The van der Waals surface area contributed by atoms with Gasteiger partial charge in [-0.3, -0.25) is 9.78 Å². The fourth-order valence-electron chi connectivity index (χ4n) is 2.32. The van der Waals surface area contributed by atoms with E-state index in [0.717, 1.165) is 0 Å². The summed E-state index contributed by atoms with van der Waals surface area (Å²) in [7, 11) is 0. The van der Waals surface area contributed by atoms with Gasteiger partial charge in [0.25, 0.3) is 0 Å². The van der Waals surface area contributed by atoms with E-state index in [1.807, 2.05) is 0 Å². The Labute approximate surface area is 131 Å². The lowest BCUT2D eigenvalue weighted by Crippen LogP contribution is -2.35. The van der Waals surface area contributed by atoms with E-state index in [2.05, 4.69) is 20.9 Å². The average Bonchev–Trinajstić information content (AvgIpc) is 2.33. The van der Waals surface area contributed by atoms with Crippen LogP contribution in [0.2, 0.25) is 0 Å². The summed E-state index contributed by atoms with van der Waals surface area (Å²) in [5, 5.41) is 0. The highest BCUT2D eigenvalue weighted by Crippen LogP contribution is 2.49. The summed E-state index contributed by atoms with van der Waals surface area (Å²) < 4.78 is 31.4. The van der Waals surface area contributed by atoms with Crippen LogP contribution in [0.3, 0.4) is 0 Å². The number of esters is 1. The molecular weight excluding hydrogens is 344 g/mol. The third kappa shape index (κ3) is 3.99. The Balaban J connectivity index is 2.18. The van der Waals surface area contributed by atoms with Crippen LogP contribution in [-0.4, -0.2) is 22.5 Å². The molecule has 0 radical (unpaired) electrons. The number of halogens is 3. The number of pyridine rings is 1. The van der Waals surface area contributed by atoms with Crippen LogP contribution in [0.25, 0.3) is 0 Å². The van der Waals surface area contributed by atoms with Crippen molar-refractivity contribution in [3.8, 4) is 0 Å². The maximum absolute atomic E-state index is 13.1. The van der Waals surface area contributed by atoms with Crippen molar-refractivity contribution in [1.82, 2.24) is 4.98 Å². The molecule has 2 rings (SSSR count). The summed E-state index contributed by atoms with van der Waals surface area (Å²) in [6, 6.07) is 3.41. The van der Waals surface area contributed by atoms with Crippen LogP contribution in [0.5, 0.6) is 0 Å². The first-order valence-corrected chi connectivity index (χ1v) is 7.70. The van der Waals surface area contributed by atoms with Crippen LogP contribution in [-0.2, 0) is 9.53 Å². The minimum atomic E-state index is -2.62. The summed E-state index contributed by atoms with van der Waals surface area (Å²) in [6.07, 6.45) is 1.13. The smallest absolute Gasteiger partial charge is 0.324 e. The number of hydrogen-bond donors (Lipinski definition) is 0. The van der Waals surface area contributed by atoms with Crippen molar-refractivity contribution in [2.75, 3.05) is 0 Å². The summed E-state index contributed by atoms with van der Waals surface area (Å²) >= 11 is 3.30. The monoisotopic (exact) mass is 361 g/mol. The molecule has 0 amide bonds. The molecule has 1 saturated carbocycles. The van der Waals surface area contributed by atoms with Gasteiger partial charge in [-0.05, 0) is 32.4 Å². The normalized spacial score (nSPS) is 19.7. The summed E-state index contributed by atoms with van der Waals surface area (Å²) in [5.41, 5.74) is 0.554. The van der Waals surface area contributed by atoms with E-state index in [4.69, 9.17) is 4.74 Å². The molecule has 1 unspecified atom stereocenters. The zero-order valence-electron chi connectivity index (χ0n) is 12.2. The number of nitrogens with zero attached hydrogens (tertiary/aromatic N) is 1. The van der Waals surface area contributed by atoms with Crippen molar-refractivity contribution in [1.29, 1.82) is 0 Å². The van der Waals surface area contributed by atoms with Gasteiger partial charge >= 0.3 is 5.97 Å². The molecule has 0 bridgehead atoms. The number of hydrogen-bond acceptors (Lipinski definition) is 3. The second-order valence-corrected chi connectivity index (χ2v) is 7.25. The molecule has 6 heteroatoms. The third-order valence-electron chi connectivity index (χ3n) is 3.23. The molecule has 1 aliphatic carbocycles. The van der Waals surface area contributed by atoms with Gasteiger partial charge in [-0.15, -0.1) is 0 Å². The van der Waals surface area contributed by atoms with Gasteiger partial charge < -0.3 is 4.74 Å². The Morgan fingerprint density at radius 2 is 2.10 bits per heavy atom. The first-order chi connectivity index (χ1) is 9.59. The molecule has 3 nitrogen and oxygen atoms in total. The lowest BCUT2D eigenvalue weighted by Gasteiger charge is -2.35. The summed E-state index contributed by atoms with van der Waals surface area (Å²) in [6.45, 7) is 5.34. The topological polar surface area (TPSA) is 39.2 Å². The first-order valence-electron chi connectivity index (χ1n) is 6.79. The lowest BCUT2D eigenvalue weighted by molar-refractivity contribution is -0.154. The third-order valence-corrected chi connectivity index (χ3v) is 4.10. The predicted molar refractivity (Wildman–Crippen MR) is 78.7 cm³/mol. The van der Waals surface area contributed by atoms with Crippen molar-refractivity contribution in [3.05, 3.63) is 29.6 Å². The van der Waals surface area contributed by atoms with E-state index in [9.17, 15) is 13.6 Å². The van der Waals surface area contributed by atoms with Crippen LogP contribution in [0.4, 0.5) is 8.78 Å². The zero-order valence-corrected chi connectivity index (χ0v) is 13.8. The van der Waals surface area contributed by atoms with Crippen molar-refractivity contribution in [3.63, 3.8) is 0 Å². The van der Waals surface area contributed by atoms with Crippen LogP contribution >= 0.6 is 15.9 Å². The van der Waals surface area contributed by atoms with Crippen molar-refractivity contribution >= 4 is 21.9 Å². The Bertz CT molecular complexity index is 535. The number of aromatic nitrogens is 1. The van der Waals surface area contributed by atoms with Gasteiger partial charge in [0.2, 0.25) is 5.92 Å². The van der Waals surface area contributed by atoms with Gasteiger partial charge in [-0.1, -0.05) is 22.0 Å².